The number of carbonyl (C=O) groups is 1. The van der Waals surface area contributed by atoms with Gasteiger partial charge >= 0.3 is 0 Å². The van der Waals surface area contributed by atoms with Crippen LogP contribution in [0.4, 0.5) is 14.5 Å². The first-order chi connectivity index (χ1) is 9.88. The van der Waals surface area contributed by atoms with Crippen LogP contribution in [0.15, 0.2) is 34.8 Å². The van der Waals surface area contributed by atoms with Crippen molar-refractivity contribution in [3.8, 4) is 0 Å². The van der Waals surface area contributed by atoms with E-state index in [1.807, 2.05) is 0 Å². The van der Waals surface area contributed by atoms with Gasteiger partial charge in [-0.05, 0) is 29.8 Å². The number of hydrogen-bond donors (Lipinski definition) is 2. The van der Waals surface area contributed by atoms with Crippen LogP contribution in [0.2, 0.25) is 5.02 Å². The second kappa shape index (κ2) is 6.41. The summed E-state index contributed by atoms with van der Waals surface area (Å²) in [4.78, 5) is 11.0. The fourth-order valence-corrected chi connectivity index (χ4v) is 2.39. The SMILES string of the molecule is NC(=O)c1ccc(CNc2c(F)cc(Br)cc2F)c(Cl)c1. The van der Waals surface area contributed by atoms with Crippen LogP contribution in [0.25, 0.3) is 0 Å². The Kier molecular flexibility index (Phi) is 4.80. The Hall–Kier alpha value is -1.66. The Bertz CT molecular complexity index is 686. The Morgan fingerprint density at radius 3 is 2.38 bits per heavy atom. The third-order valence-electron chi connectivity index (χ3n) is 2.80. The van der Waals surface area contributed by atoms with Gasteiger partial charge in [-0.3, -0.25) is 4.79 Å². The molecule has 0 saturated heterocycles. The van der Waals surface area contributed by atoms with E-state index in [0.717, 1.165) is 12.1 Å². The minimum absolute atomic E-state index is 0.105. The third-order valence-corrected chi connectivity index (χ3v) is 3.61. The molecule has 1 amide bonds. The number of primary amides is 1. The van der Waals surface area contributed by atoms with Gasteiger partial charge in [-0.15, -0.1) is 0 Å². The molecule has 0 aromatic heterocycles. The fourth-order valence-electron chi connectivity index (χ4n) is 1.74. The normalized spacial score (nSPS) is 10.5. The zero-order valence-corrected chi connectivity index (χ0v) is 12.9. The molecule has 0 aliphatic carbocycles. The standard InChI is InChI=1S/C14H10BrClF2N2O/c15-9-4-11(17)13(12(18)5-9)20-6-8-2-1-7(14(19)21)3-10(8)16/h1-5,20H,6H2,(H2,19,21). The predicted octanol–water partition coefficient (Wildman–Crippen LogP) is 4.09. The third kappa shape index (κ3) is 3.71. The summed E-state index contributed by atoms with van der Waals surface area (Å²) in [7, 11) is 0. The summed E-state index contributed by atoms with van der Waals surface area (Å²) in [6.45, 7) is 0.105. The highest BCUT2D eigenvalue weighted by atomic mass is 79.9. The minimum Gasteiger partial charge on any atom is -0.376 e. The maximum atomic E-state index is 13.7. The van der Waals surface area contributed by atoms with E-state index in [0.29, 0.717) is 10.0 Å². The maximum absolute atomic E-state index is 13.7. The molecule has 0 heterocycles. The van der Waals surface area contributed by atoms with Crippen molar-refractivity contribution < 1.29 is 13.6 Å². The molecule has 0 spiro atoms. The van der Waals surface area contributed by atoms with E-state index in [1.165, 1.54) is 12.1 Å². The Balaban J connectivity index is 2.19. The van der Waals surface area contributed by atoms with Gasteiger partial charge in [-0.2, -0.15) is 0 Å². The lowest BCUT2D eigenvalue weighted by molar-refractivity contribution is 0.100. The van der Waals surface area contributed by atoms with Gasteiger partial charge in [-0.1, -0.05) is 33.6 Å². The van der Waals surface area contributed by atoms with Gasteiger partial charge in [0.25, 0.3) is 0 Å². The molecule has 0 unspecified atom stereocenters. The molecule has 0 radical (unpaired) electrons. The molecule has 7 heteroatoms. The van der Waals surface area contributed by atoms with Gasteiger partial charge in [0.2, 0.25) is 5.91 Å². The number of anilines is 1. The lowest BCUT2D eigenvalue weighted by Crippen LogP contribution is -2.11. The number of benzene rings is 2. The second-order valence-electron chi connectivity index (χ2n) is 4.27. The van der Waals surface area contributed by atoms with E-state index in [-0.39, 0.29) is 22.8 Å². The van der Waals surface area contributed by atoms with E-state index >= 15 is 0 Å². The first kappa shape index (κ1) is 15.7. The first-order valence-corrected chi connectivity index (χ1v) is 7.02. The molecule has 0 bridgehead atoms. The van der Waals surface area contributed by atoms with E-state index in [2.05, 4.69) is 21.2 Å². The highest BCUT2D eigenvalue weighted by Crippen LogP contribution is 2.25. The molecule has 0 aliphatic heterocycles. The lowest BCUT2D eigenvalue weighted by Gasteiger charge is -2.11. The van der Waals surface area contributed by atoms with Crippen molar-refractivity contribution in [1.82, 2.24) is 0 Å². The molecule has 3 N–H and O–H groups in total. The molecule has 3 nitrogen and oxygen atoms in total. The Labute approximate surface area is 133 Å². The number of carbonyl (C=O) groups excluding carboxylic acids is 1. The number of nitrogens with two attached hydrogens (primary N) is 1. The molecule has 0 atom stereocenters. The van der Waals surface area contributed by atoms with E-state index < -0.39 is 17.5 Å². The van der Waals surface area contributed by atoms with Crippen molar-refractivity contribution in [2.75, 3.05) is 5.32 Å². The largest absolute Gasteiger partial charge is 0.376 e. The molecule has 2 aromatic rings. The maximum Gasteiger partial charge on any atom is 0.248 e. The molecule has 0 fully saturated rings. The van der Waals surface area contributed by atoms with Crippen LogP contribution < -0.4 is 11.1 Å². The summed E-state index contributed by atoms with van der Waals surface area (Å²) in [6.07, 6.45) is 0. The zero-order chi connectivity index (χ0) is 15.6. The quantitative estimate of drug-likeness (QED) is 0.845. The topological polar surface area (TPSA) is 55.1 Å². The van der Waals surface area contributed by atoms with Crippen molar-refractivity contribution in [1.29, 1.82) is 0 Å². The number of halogens is 4. The van der Waals surface area contributed by atoms with Crippen LogP contribution in [-0.4, -0.2) is 5.91 Å². The monoisotopic (exact) mass is 374 g/mol. The van der Waals surface area contributed by atoms with Crippen molar-refractivity contribution in [3.63, 3.8) is 0 Å². The Morgan fingerprint density at radius 2 is 1.86 bits per heavy atom. The van der Waals surface area contributed by atoms with Crippen molar-refractivity contribution in [3.05, 3.63) is 62.6 Å². The second-order valence-corrected chi connectivity index (χ2v) is 5.59. The summed E-state index contributed by atoms with van der Waals surface area (Å²) in [5, 5.41) is 2.93. The van der Waals surface area contributed by atoms with Crippen molar-refractivity contribution in [2.24, 2.45) is 5.73 Å². The van der Waals surface area contributed by atoms with Crippen molar-refractivity contribution >= 4 is 39.1 Å². The summed E-state index contributed by atoms with van der Waals surface area (Å²) >= 11 is 9.01. The minimum atomic E-state index is -0.716. The van der Waals surface area contributed by atoms with Gasteiger partial charge in [0.05, 0.1) is 0 Å². The van der Waals surface area contributed by atoms with Crippen LogP contribution in [0.1, 0.15) is 15.9 Å². The van der Waals surface area contributed by atoms with E-state index in [1.54, 1.807) is 6.07 Å². The van der Waals surface area contributed by atoms with Gasteiger partial charge in [-0.25, -0.2) is 8.78 Å². The fraction of sp³-hybridized carbons (Fsp3) is 0.0714. The van der Waals surface area contributed by atoms with Crippen LogP contribution in [-0.2, 0) is 6.54 Å². The summed E-state index contributed by atoms with van der Waals surface area (Å²) < 4.78 is 27.6. The number of amides is 1. The number of hydrogen-bond acceptors (Lipinski definition) is 2. The lowest BCUT2D eigenvalue weighted by atomic mass is 10.1. The van der Waals surface area contributed by atoms with Crippen molar-refractivity contribution in [2.45, 2.75) is 6.54 Å². The molecular weight excluding hydrogens is 366 g/mol. The molecule has 21 heavy (non-hydrogen) atoms. The smallest absolute Gasteiger partial charge is 0.248 e. The van der Waals surface area contributed by atoms with Gasteiger partial charge in [0, 0.05) is 21.6 Å². The highest BCUT2D eigenvalue weighted by Gasteiger charge is 2.11. The summed E-state index contributed by atoms with van der Waals surface area (Å²) in [5.41, 5.74) is 5.75. The molecule has 2 aromatic carbocycles. The molecule has 0 saturated carbocycles. The average molecular weight is 376 g/mol. The van der Waals surface area contributed by atoms with Gasteiger partial charge < -0.3 is 11.1 Å². The van der Waals surface area contributed by atoms with E-state index in [9.17, 15) is 13.6 Å². The molecular formula is C14H10BrClF2N2O. The predicted molar refractivity (Wildman–Crippen MR) is 81.4 cm³/mol. The van der Waals surface area contributed by atoms with Gasteiger partial charge in [0.1, 0.15) is 17.3 Å². The van der Waals surface area contributed by atoms with Crippen LogP contribution in [0.3, 0.4) is 0 Å². The van der Waals surface area contributed by atoms with Gasteiger partial charge in [0.15, 0.2) is 0 Å². The number of rotatable bonds is 4. The van der Waals surface area contributed by atoms with Crippen LogP contribution >= 0.6 is 27.5 Å². The zero-order valence-electron chi connectivity index (χ0n) is 10.6. The Morgan fingerprint density at radius 1 is 1.24 bits per heavy atom. The number of nitrogens with one attached hydrogen (secondary N) is 1. The highest BCUT2D eigenvalue weighted by molar-refractivity contribution is 9.10. The van der Waals surface area contributed by atoms with Crippen LogP contribution in [0.5, 0.6) is 0 Å². The molecule has 110 valence electrons. The molecule has 2 rings (SSSR count). The average Bonchev–Trinajstić information content (AvgIpc) is 2.38. The molecule has 0 aliphatic rings. The van der Waals surface area contributed by atoms with Crippen LogP contribution in [0, 0.1) is 11.6 Å². The van der Waals surface area contributed by atoms with E-state index in [4.69, 9.17) is 17.3 Å². The first-order valence-electron chi connectivity index (χ1n) is 5.85. The summed E-state index contributed by atoms with van der Waals surface area (Å²) in [5.74, 6) is -2.03. The summed E-state index contributed by atoms with van der Waals surface area (Å²) in [6, 6.07) is 6.80.